The second-order valence-corrected chi connectivity index (χ2v) is 5.41. The van der Waals surface area contributed by atoms with Crippen LogP contribution in [0.5, 0.6) is 0 Å². The highest BCUT2D eigenvalue weighted by molar-refractivity contribution is 6.30. The fraction of sp³-hybridized carbons (Fsp3) is 0.357. The van der Waals surface area contributed by atoms with Gasteiger partial charge in [0.2, 0.25) is 17.2 Å². The highest BCUT2D eigenvalue weighted by atomic mass is 35.5. The van der Waals surface area contributed by atoms with Crippen LogP contribution in [0.4, 0.5) is 17.6 Å². The molecule has 2 aromatic rings. The lowest BCUT2D eigenvalue weighted by atomic mass is 10.3. The topological polar surface area (TPSA) is 53.9 Å². The fourth-order valence-electron chi connectivity index (χ4n) is 1.76. The maximum atomic E-state index is 5.97. The summed E-state index contributed by atoms with van der Waals surface area (Å²) >= 11 is 11.9. The Bertz CT molecular complexity index is 606. The lowest BCUT2D eigenvalue weighted by Gasteiger charge is -2.17. The fourth-order valence-corrected chi connectivity index (χ4v) is 2.10. The number of halogens is 2. The van der Waals surface area contributed by atoms with Crippen molar-refractivity contribution in [1.82, 2.24) is 15.0 Å². The molecule has 1 N–H and O–H groups in total. The van der Waals surface area contributed by atoms with Crippen molar-refractivity contribution in [3.05, 3.63) is 34.6 Å². The van der Waals surface area contributed by atoms with Crippen LogP contribution in [0.2, 0.25) is 10.3 Å². The molecule has 1 aromatic carbocycles. The number of nitrogens with zero attached hydrogens (tertiary/aromatic N) is 4. The molecule has 2 rings (SSSR count). The molecule has 0 amide bonds. The third-order valence-electron chi connectivity index (χ3n) is 2.87. The van der Waals surface area contributed by atoms with Crippen LogP contribution in [0.3, 0.4) is 0 Å². The number of hydrogen-bond donors (Lipinski definition) is 1. The Kier molecular flexibility index (Phi) is 5.59. The van der Waals surface area contributed by atoms with Gasteiger partial charge in [0.05, 0.1) is 0 Å². The van der Waals surface area contributed by atoms with Gasteiger partial charge in [-0.05, 0) is 36.2 Å². The van der Waals surface area contributed by atoms with Crippen LogP contribution in [0, 0.1) is 0 Å². The van der Waals surface area contributed by atoms with E-state index in [2.05, 4.69) is 27.2 Å². The van der Waals surface area contributed by atoms with Gasteiger partial charge in [-0.25, -0.2) is 0 Å². The summed E-state index contributed by atoms with van der Waals surface area (Å²) in [4.78, 5) is 14.6. The van der Waals surface area contributed by atoms with Gasteiger partial charge in [0.1, 0.15) is 0 Å². The van der Waals surface area contributed by atoms with Gasteiger partial charge < -0.3 is 10.2 Å². The third kappa shape index (κ3) is 4.72. The molecule has 0 aliphatic carbocycles. The van der Waals surface area contributed by atoms with Crippen LogP contribution < -0.4 is 10.2 Å². The Balaban J connectivity index is 2.18. The van der Waals surface area contributed by atoms with E-state index in [0.717, 1.165) is 25.1 Å². The molecule has 1 heterocycles. The maximum absolute atomic E-state index is 5.97. The molecule has 0 unspecified atom stereocenters. The molecule has 0 saturated carbocycles. The zero-order valence-corrected chi connectivity index (χ0v) is 13.5. The summed E-state index contributed by atoms with van der Waals surface area (Å²) in [5, 5.41) is 3.88. The molecule has 1 aromatic heterocycles. The highest BCUT2D eigenvalue weighted by Crippen LogP contribution is 2.20. The van der Waals surface area contributed by atoms with Crippen molar-refractivity contribution in [2.45, 2.75) is 19.8 Å². The molecule has 0 atom stereocenters. The molecule has 0 saturated heterocycles. The van der Waals surface area contributed by atoms with E-state index in [4.69, 9.17) is 23.2 Å². The summed E-state index contributed by atoms with van der Waals surface area (Å²) in [6.45, 7) is 3.01. The molecular weight excluding hydrogens is 309 g/mol. The minimum atomic E-state index is 0.160. The minimum absolute atomic E-state index is 0.160. The van der Waals surface area contributed by atoms with Crippen LogP contribution >= 0.6 is 23.2 Å². The van der Waals surface area contributed by atoms with Crippen LogP contribution in [-0.4, -0.2) is 28.5 Å². The van der Waals surface area contributed by atoms with Crippen LogP contribution in [-0.2, 0) is 0 Å². The van der Waals surface area contributed by atoms with E-state index in [-0.39, 0.29) is 5.28 Å². The molecule has 0 aliphatic heterocycles. The van der Waals surface area contributed by atoms with Crippen molar-refractivity contribution in [3.63, 3.8) is 0 Å². The summed E-state index contributed by atoms with van der Waals surface area (Å²) < 4.78 is 0. The average molecular weight is 326 g/mol. The van der Waals surface area contributed by atoms with Crippen LogP contribution in [0.1, 0.15) is 19.8 Å². The summed E-state index contributed by atoms with van der Waals surface area (Å²) in [6, 6.07) is 7.32. The highest BCUT2D eigenvalue weighted by Gasteiger charge is 2.09. The normalized spacial score (nSPS) is 10.5. The first-order chi connectivity index (χ1) is 10.1. The second-order valence-electron chi connectivity index (χ2n) is 4.64. The van der Waals surface area contributed by atoms with Crippen molar-refractivity contribution < 1.29 is 0 Å². The molecule has 21 heavy (non-hydrogen) atoms. The van der Waals surface area contributed by atoms with Crippen LogP contribution in [0.15, 0.2) is 24.3 Å². The molecule has 0 fully saturated rings. The predicted octanol–water partition coefficient (Wildman–Crippen LogP) is 4.16. The molecule has 0 radical (unpaired) electrons. The summed E-state index contributed by atoms with van der Waals surface area (Å²) in [5.41, 5.74) is 0.798. The summed E-state index contributed by atoms with van der Waals surface area (Å²) in [5.74, 6) is 0.948. The predicted molar refractivity (Wildman–Crippen MR) is 87.7 cm³/mol. The first-order valence-corrected chi connectivity index (χ1v) is 7.49. The first-order valence-electron chi connectivity index (χ1n) is 6.74. The Morgan fingerprint density at radius 2 is 2.00 bits per heavy atom. The van der Waals surface area contributed by atoms with Gasteiger partial charge in [-0.2, -0.15) is 15.0 Å². The first kappa shape index (κ1) is 15.8. The quantitative estimate of drug-likeness (QED) is 0.864. The maximum Gasteiger partial charge on any atom is 0.233 e. The monoisotopic (exact) mass is 325 g/mol. The largest absolute Gasteiger partial charge is 0.344 e. The van der Waals surface area contributed by atoms with Crippen molar-refractivity contribution >= 4 is 40.8 Å². The number of rotatable bonds is 6. The van der Waals surface area contributed by atoms with Gasteiger partial charge >= 0.3 is 0 Å². The number of aromatic nitrogens is 3. The van der Waals surface area contributed by atoms with Crippen molar-refractivity contribution in [2.75, 3.05) is 23.8 Å². The molecule has 112 valence electrons. The molecule has 7 heteroatoms. The lowest BCUT2D eigenvalue weighted by molar-refractivity contribution is 0.747. The van der Waals surface area contributed by atoms with E-state index in [1.807, 2.05) is 24.1 Å². The molecule has 5 nitrogen and oxygen atoms in total. The number of anilines is 3. The van der Waals surface area contributed by atoms with Gasteiger partial charge in [-0.1, -0.05) is 31.0 Å². The zero-order chi connectivity index (χ0) is 15.2. The third-order valence-corrected chi connectivity index (χ3v) is 3.27. The number of nitrogens with one attached hydrogen (secondary N) is 1. The van der Waals surface area contributed by atoms with Crippen molar-refractivity contribution in [1.29, 1.82) is 0 Å². The standard InChI is InChI=1S/C14H17Cl2N5/c1-3-4-8-21(2)14-19-12(16)18-13(20-14)17-11-7-5-6-10(15)9-11/h5-7,9H,3-4,8H2,1-2H3,(H,17,18,19,20). The van der Waals surface area contributed by atoms with E-state index in [9.17, 15) is 0 Å². The number of benzene rings is 1. The van der Waals surface area contributed by atoms with E-state index in [1.54, 1.807) is 12.1 Å². The van der Waals surface area contributed by atoms with Gasteiger partial charge in [-0.3, -0.25) is 0 Å². The molecule has 0 bridgehead atoms. The zero-order valence-electron chi connectivity index (χ0n) is 12.0. The second kappa shape index (κ2) is 7.43. The van der Waals surface area contributed by atoms with Gasteiger partial charge in [0, 0.05) is 24.3 Å². The van der Waals surface area contributed by atoms with Gasteiger partial charge in [0.25, 0.3) is 0 Å². The van der Waals surface area contributed by atoms with Gasteiger partial charge in [0.15, 0.2) is 0 Å². The Morgan fingerprint density at radius 1 is 1.19 bits per heavy atom. The minimum Gasteiger partial charge on any atom is -0.344 e. The summed E-state index contributed by atoms with van der Waals surface area (Å²) in [7, 11) is 1.94. The van der Waals surface area contributed by atoms with E-state index < -0.39 is 0 Å². The molecule has 0 spiro atoms. The molecule has 0 aliphatic rings. The summed E-state index contributed by atoms with van der Waals surface area (Å²) in [6.07, 6.45) is 2.17. The number of hydrogen-bond acceptors (Lipinski definition) is 5. The molecular formula is C14H17Cl2N5. The van der Waals surface area contributed by atoms with Gasteiger partial charge in [-0.15, -0.1) is 0 Å². The number of unbranched alkanes of at least 4 members (excludes halogenated alkanes) is 1. The van der Waals surface area contributed by atoms with Crippen LogP contribution in [0.25, 0.3) is 0 Å². The van der Waals surface area contributed by atoms with E-state index >= 15 is 0 Å². The van der Waals surface area contributed by atoms with E-state index in [0.29, 0.717) is 16.9 Å². The van der Waals surface area contributed by atoms with Crippen molar-refractivity contribution in [3.8, 4) is 0 Å². The SMILES string of the molecule is CCCCN(C)c1nc(Cl)nc(Nc2cccc(Cl)c2)n1. The van der Waals surface area contributed by atoms with Crippen molar-refractivity contribution in [2.24, 2.45) is 0 Å². The Morgan fingerprint density at radius 3 is 2.71 bits per heavy atom. The Labute approximate surface area is 134 Å². The van der Waals surface area contributed by atoms with E-state index in [1.165, 1.54) is 0 Å². The lowest BCUT2D eigenvalue weighted by Crippen LogP contribution is -2.21. The smallest absolute Gasteiger partial charge is 0.233 e. The Hall–Kier alpha value is -1.59. The average Bonchev–Trinajstić information content (AvgIpc) is 2.44.